The third kappa shape index (κ3) is 3.77. The van der Waals surface area contributed by atoms with E-state index in [4.69, 9.17) is 16.9 Å². The highest BCUT2D eigenvalue weighted by atomic mass is 35.5. The molecule has 0 aliphatic carbocycles. The number of nitriles is 1. The molecule has 2 aromatic rings. The summed E-state index contributed by atoms with van der Waals surface area (Å²) in [6, 6.07) is 5.96. The van der Waals surface area contributed by atoms with Crippen LogP contribution in [0, 0.1) is 17.1 Å². The topological polar surface area (TPSA) is 67.2 Å². The van der Waals surface area contributed by atoms with Crippen molar-refractivity contribution in [1.82, 2.24) is 0 Å². The van der Waals surface area contributed by atoms with Crippen LogP contribution in [0.1, 0.15) is 11.1 Å². The summed E-state index contributed by atoms with van der Waals surface area (Å²) >= 11 is 5.73. The average molecular weight is 380 g/mol. The van der Waals surface area contributed by atoms with Crippen molar-refractivity contribution in [3.63, 3.8) is 0 Å². The first-order chi connectivity index (χ1) is 11.0. The highest BCUT2D eigenvalue weighted by Gasteiger charge is 2.33. The van der Waals surface area contributed by atoms with Gasteiger partial charge in [0.1, 0.15) is 10.7 Å². The lowest BCUT2D eigenvalue weighted by atomic mass is 10.2. The fraction of sp³-hybridized carbons (Fsp3) is 0.0714. The molecule has 0 radical (unpaired) electrons. The first-order valence-electron chi connectivity index (χ1n) is 6.05. The maximum absolute atomic E-state index is 13.7. The highest BCUT2D eigenvalue weighted by Crippen LogP contribution is 2.33. The molecule has 0 aliphatic heterocycles. The van der Waals surface area contributed by atoms with Crippen molar-refractivity contribution in [3.05, 3.63) is 58.4 Å². The zero-order valence-electron chi connectivity index (χ0n) is 11.4. The standard InChI is InChI=1S/C14H6ClF4NO3S/c15-10-5-8(7-20)1-4-12(10)23-24(21,22)13-6-9(14(17,18)19)2-3-11(13)16/h1-6H. The van der Waals surface area contributed by atoms with Gasteiger partial charge in [0.15, 0.2) is 5.75 Å². The van der Waals surface area contributed by atoms with E-state index in [9.17, 15) is 26.0 Å². The van der Waals surface area contributed by atoms with E-state index < -0.39 is 38.3 Å². The Morgan fingerprint density at radius 2 is 1.79 bits per heavy atom. The van der Waals surface area contributed by atoms with Crippen LogP contribution >= 0.6 is 11.6 Å². The average Bonchev–Trinajstić information content (AvgIpc) is 2.48. The molecule has 4 nitrogen and oxygen atoms in total. The molecule has 0 fully saturated rings. The Hall–Kier alpha value is -2.31. The van der Waals surface area contributed by atoms with Gasteiger partial charge < -0.3 is 4.18 Å². The third-order valence-corrected chi connectivity index (χ3v) is 4.33. The van der Waals surface area contributed by atoms with Crippen LogP contribution in [0.15, 0.2) is 41.3 Å². The molecule has 0 amide bonds. The normalized spacial score (nSPS) is 11.8. The van der Waals surface area contributed by atoms with Crippen molar-refractivity contribution in [2.45, 2.75) is 11.1 Å². The van der Waals surface area contributed by atoms with E-state index >= 15 is 0 Å². The van der Waals surface area contributed by atoms with E-state index in [1.165, 1.54) is 6.07 Å². The molecular weight excluding hydrogens is 374 g/mol. The monoisotopic (exact) mass is 379 g/mol. The van der Waals surface area contributed by atoms with Crippen LogP contribution in [0.5, 0.6) is 5.75 Å². The van der Waals surface area contributed by atoms with Gasteiger partial charge in [-0.1, -0.05) is 11.6 Å². The van der Waals surface area contributed by atoms with Crippen molar-refractivity contribution >= 4 is 21.7 Å². The van der Waals surface area contributed by atoms with E-state index in [0.29, 0.717) is 12.1 Å². The van der Waals surface area contributed by atoms with Gasteiger partial charge in [0.25, 0.3) is 0 Å². The summed E-state index contributed by atoms with van der Waals surface area (Å²) < 4.78 is 80.3. The Morgan fingerprint density at radius 3 is 2.33 bits per heavy atom. The van der Waals surface area contributed by atoms with Crippen LogP contribution < -0.4 is 4.18 Å². The van der Waals surface area contributed by atoms with Gasteiger partial charge in [-0.05, 0) is 36.4 Å². The molecule has 2 rings (SSSR count). The number of nitrogens with zero attached hydrogens (tertiary/aromatic N) is 1. The summed E-state index contributed by atoms with van der Waals surface area (Å²) in [5, 5.41) is 8.41. The summed E-state index contributed by atoms with van der Waals surface area (Å²) in [5.74, 6) is -1.86. The van der Waals surface area contributed by atoms with Crippen molar-refractivity contribution < 1.29 is 30.2 Å². The summed E-state index contributed by atoms with van der Waals surface area (Å²) in [6.45, 7) is 0. The predicted molar refractivity (Wildman–Crippen MR) is 75.4 cm³/mol. The maximum Gasteiger partial charge on any atom is 0.416 e. The number of alkyl halides is 3. The summed E-state index contributed by atoms with van der Waals surface area (Å²) in [7, 11) is -4.91. The van der Waals surface area contributed by atoms with Crippen LogP contribution in [0.25, 0.3) is 0 Å². The molecule has 0 aromatic heterocycles. The largest absolute Gasteiger partial charge is 0.416 e. The van der Waals surface area contributed by atoms with Gasteiger partial charge in [-0.25, -0.2) is 4.39 Å². The lowest BCUT2D eigenvalue weighted by Crippen LogP contribution is -2.14. The minimum atomic E-state index is -4.91. The zero-order chi connectivity index (χ0) is 18.1. The number of hydrogen-bond donors (Lipinski definition) is 0. The molecule has 24 heavy (non-hydrogen) atoms. The molecule has 0 unspecified atom stereocenters. The van der Waals surface area contributed by atoms with E-state index in [0.717, 1.165) is 12.1 Å². The van der Waals surface area contributed by atoms with Crippen molar-refractivity contribution in [2.24, 2.45) is 0 Å². The Morgan fingerprint density at radius 1 is 1.12 bits per heavy atom. The van der Waals surface area contributed by atoms with Gasteiger partial charge in [-0.3, -0.25) is 0 Å². The Balaban J connectivity index is 2.47. The molecule has 0 bridgehead atoms. The quantitative estimate of drug-likeness (QED) is 0.594. The second-order valence-corrected chi connectivity index (χ2v) is 6.36. The summed E-state index contributed by atoms with van der Waals surface area (Å²) in [4.78, 5) is -1.28. The number of halogens is 5. The highest BCUT2D eigenvalue weighted by molar-refractivity contribution is 7.87. The molecule has 0 spiro atoms. The molecule has 0 saturated heterocycles. The van der Waals surface area contributed by atoms with Gasteiger partial charge >= 0.3 is 16.3 Å². The Kier molecular flexibility index (Phi) is 4.73. The second kappa shape index (κ2) is 6.30. The van der Waals surface area contributed by atoms with Gasteiger partial charge in [-0.15, -0.1) is 0 Å². The lowest BCUT2D eigenvalue weighted by Gasteiger charge is -2.12. The molecule has 0 heterocycles. The summed E-state index contributed by atoms with van der Waals surface area (Å²) in [5.41, 5.74) is -1.24. The fourth-order valence-electron chi connectivity index (χ4n) is 1.67. The summed E-state index contributed by atoms with van der Waals surface area (Å²) in [6.07, 6.45) is -4.86. The molecule has 0 atom stereocenters. The van der Waals surface area contributed by atoms with Crippen molar-refractivity contribution in [3.8, 4) is 11.8 Å². The first kappa shape index (κ1) is 18.0. The van der Waals surface area contributed by atoms with Crippen molar-refractivity contribution in [2.75, 3.05) is 0 Å². The van der Waals surface area contributed by atoms with Crippen LogP contribution in [0.2, 0.25) is 5.02 Å². The predicted octanol–water partition coefficient (Wildman–Crippen LogP) is 4.14. The number of rotatable bonds is 3. The van der Waals surface area contributed by atoms with Gasteiger partial charge in [0.05, 0.1) is 22.2 Å². The minimum Gasteiger partial charge on any atom is -0.377 e. The number of hydrogen-bond acceptors (Lipinski definition) is 4. The van der Waals surface area contributed by atoms with Crippen LogP contribution in [-0.4, -0.2) is 8.42 Å². The molecule has 2 aromatic carbocycles. The SMILES string of the molecule is N#Cc1ccc(OS(=O)(=O)c2cc(C(F)(F)F)ccc2F)c(Cl)c1. The molecule has 10 heteroatoms. The van der Waals surface area contributed by atoms with Gasteiger partial charge in [0.2, 0.25) is 0 Å². The third-order valence-electron chi connectivity index (χ3n) is 2.79. The molecule has 126 valence electrons. The molecular formula is C14H6ClF4NO3S. The minimum absolute atomic E-state index is 0.106. The zero-order valence-corrected chi connectivity index (χ0v) is 13.0. The number of benzene rings is 2. The van der Waals surface area contributed by atoms with Gasteiger partial charge in [0, 0.05) is 0 Å². The molecule has 0 N–H and O–H groups in total. The van der Waals surface area contributed by atoms with Gasteiger partial charge in [-0.2, -0.15) is 26.9 Å². The molecule has 0 aliphatic rings. The molecule has 0 saturated carbocycles. The van der Waals surface area contributed by atoms with E-state index in [-0.39, 0.29) is 16.7 Å². The van der Waals surface area contributed by atoms with Crippen LogP contribution in [-0.2, 0) is 16.3 Å². The van der Waals surface area contributed by atoms with Crippen LogP contribution in [0.4, 0.5) is 17.6 Å². The van der Waals surface area contributed by atoms with E-state index in [2.05, 4.69) is 4.18 Å². The second-order valence-electron chi connectivity index (χ2n) is 4.44. The maximum atomic E-state index is 13.7. The first-order valence-corrected chi connectivity index (χ1v) is 7.84. The fourth-order valence-corrected chi connectivity index (χ4v) is 2.99. The Bertz CT molecular complexity index is 936. The lowest BCUT2D eigenvalue weighted by molar-refractivity contribution is -0.137. The van der Waals surface area contributed by atoms with E-state index in [1.54, 1.807) is 6.07 Å². The Labute approximate surface area is 139 Å². The van der Waals surface area contributed by atoms with Crippen LogP contribution in [0.3, 0.4) is 0 Å². The van der Waals surface area contributed by atoms with E-state index in [1.807, 2.05) is 0 Å². The van der Waals surface area contributed by atoms with Crippen molar-refractivity contribution in [1.29, 1.82) is 5.26 Å². The smallest absolute Gasteiger partial charge is 0.377 e.